The largest absolute Gasteiger partial charge is 0.424 e. The fraction of sp³-hybridized carbons (Fsp3) is 0.286. The number of hydrogen-bond acceptors (Lipinski definition) is 4. The van der Waals surface area contributed by atoms with Crippen LogP contribution in [0.5, 0.6) is 11.8 Å². The predicted molar refractivity (Wildman–Crippen MR) is 71.7 cm³/mol. The molecular weight excluding hydrogens is 226 g/mol. The highest BCUT2D eigenvalue weighted by Gasteiger charge is 2.13. The summed E-state index contributed by atoms with van der Waals surface area (Å²) in [5.41, 5.74) is 6.95. The van der Waals surface area contributed by atoms with E-state index in [4.69, 9.17) is 10.5 Å². The lowest BCUT2D eigenvalue weighted by atomic mass is 9.87. The molecule has 4 nitrogen and oxygen atoms in total. The van der Waals surface area contributed by atoms with Crippen molar-refractivity contribution >= 4 is 5.82 Å². The van der Waals surface area contributed by atoms with Crippen LogP contribution in [0.4, 0.5) is 5.82 Å². The van der Waals surface area contributed by atoms with Crippen molar-refractivity contribution in [2.45, 2.75) is 26.2 Å². The zero-order valence-electron chi connectivity index (χ0n) is 10.8. The zero-order chi connectivity index (χ0) is 13.2. The molecule has 0 aliphatic rings. The van der Waals surface area contributed by atoms with Gasteiger partial charge in [0.05, 0.1) is 0 Å². The van der Waals surface area contributed by atoms with E-state index in [1.807, 2.05) is 24.3 Å². The molecule has 1 aromatic heterocycles. The summed E-state index contributed by atoms with van der Waals surface area (Å²) in [6.45, 7) is 6.51. The van der Waals surface area contributed by atoms with Crippen molar-refractivity contribution in [2.24, 2.45) is 0 Å². The molecule has 2 aromatic rings. The van der Waals surface area contributed by atoms with Gasteiger partial charge in [-0.05, 0) is 29.2 Å². The number of anilines is 1. The minimum Gasteiger partial charge on any atom is -0.424 e. The van der Waals surface area contributed by atoms with E-state index in [1.165, 1.54) is 5.56 Å². The molecule has 0 atom stereocenters. The van der Waals surface area contributed by atoms with E-state index in [9.17, 15) is 0 Å². The summed E-state index contributed by atoms with van der Waals surface area (Å²) in [6, 6.07) is 9.79. The Morgan fingerprint density at radius 3 is 2.28 bits per heavy atom. The quantitative estimate of drug-likeness (QED) is 0.880. The SMILES string of the molecule is CC(C)(C)c1ccc(Oc2nccc(N)n2)cc1. The van der Waals surface area contributed by atoms with Crippen molar-refractivity contribution in [1.29, 1.82) is 0 Å². The Morgan fingerprint density at radius 1 is 1.06 bits per heavy atom. The number of aromatic nitrogens is 2. The summed E-state index contributed by atoms with van der Waals surface area (Å²) in [7, 11) is 0. The van der Waals surface area contributed by atoms with Crippen LogP contribution in [0, 0.1) is 0 Å². The fourth-order valence-corrected chi connectivity index (χ4v) is 1.53. The molecular formula is C14H17N3O. The summed E-state index contributed by atoms with van der Waals surface area (Å²) >= 11 is 0. The average molecular weight is 243 g/mol. The van der Waals surface area contributed by atoms with Gasteiger partial charge in [0, 0.05) is 6.20 Å². The van der Waals surface area contributed by atoms with Gasteiger partial charge < -0.3 is 10.5 Å². The third kappa shape index (κ3) is 2.97. The van der Waals surface area contributed by atoms with E-state index < -0.39 is 0 Å². The molecule has 4 heteroatoms. The molecule has 1 heterocycles. The first kappa shape index (κ1) is 12.4. The standard InChI is InChI=1S/C14H17N3O/c1-14(2,3)10-4-6-11(7-5-10)18-13-16-9-8-12(15)17-13/h4-9H,1-3H3,(H2,15,16,17). The second-order valence-electron chi connectivity index (χ2n) is 5.14. The number of nitrogens with zero attached hydrogens (tertiary/aromatic N) is 2. The summed E-state index contributed by atoms with van der Waals surface area (Å²) < 4.78 is 5.52. The summed E-state index contributed by atoms with van der Waals surface area (Å²) in [5.74, 6) is 1.10. The minimum atomic E-state index is 0.131. The van der Waals surface area contributed by atoms with Gasteiger partial charge in [-0.2, -0.15) is 4.98 Å². The highest BCUT2D eigenvalue weighted by molar-refractivity contribution is 5.33. The van der Waals surface area contributed by atoms with Gasteiger partial charge in [-0.1, -0.05) is 32.9 Å². The van der Waals surface area contributed by atoms with Gasteiger partial charge in [0.1, 0.15) is 11.6 Å². The fourth-order valence-electron chi connectivity index (χ4n) is 1.53. The number of hydrogen-bond donors (Lipinski definition) is 1. The molecule has 0 bridgehead atoms. The van der Waals surface area contributed by atoms with Crippen LogP contribution in [0.15, 0.2) is 36.5 Å². The monoisotopic (exact) mass is 243 g/mol. The first-order chi connectivity index (χ1) is 8.45. The Bertz CT molecular complexity index is 529. The maximum atomic E-state index is 5.56. The summed E-state index contributed by atoms with van der Waals surface area (Å²) in [4.78, 5) is 7.98. The van der Waals surface area contributed by atoms with Crippen LogP contribution in [0.2, 0.25) is 0 Å². The molecule has 0 saturated carbocycles. The van der Waals surface area contributed by atoms with E-state index >= 15 is 0 Å². The third-order valence-corrected chi connectivity index (χ3v) is 2.58. The molecule has 94 valence electrons. The van der Waals surface area contributed by atoms with Crippen molar-refractivity contribution in [3.05, 3.63) is 42.1 Å². The Labute approximate surface area is 107 Å². The lowest BCUT2D eigenvalue weighted by Crippen LogP contribution is -2.10. The molecule has 0 radical (unpaired) electrons. The van der Waals surface area contributed by atoms with Crippen molar-refractivity contribution < 1.29 is 4.74 Å². The van der Waals surface area contributed by atoms with E-state index in [2.05, 4.69) is 30.7 Å². The Morgan fingerprint density at radius 2 is 1.72 bits per heavy atom. The molecule has 0 aliphatic heterocycles. The van der Waals surface area contributed by atoms with Gasteiger partial charge in [-0.3, -0.25) is 0 Å². The van der Waals surface area contributed by atoms with Gasteiger partial charge in [-0.15, -0.1) is 0 Å². The summed E-state index contributed by atoms with van der Waals surface area (Å²) in [5, 5.41) is 0. The van der Waals surface area contributed by atoms with E-state index in [0.29, 0.717) is 11.6 Å². The topological polar surface area (TPSA) is 61.0 Å². The second-order valence-corrected chi connectivity index (χ2v) is 5.14. The molecule has 2 rings (SSSR count). The highest BCUT2D eigenvalue weighted by Crippen LogP contribution is 2.25. The van der Waals surface area contributed by atoms with Crippen molar-refractivity contribution in [3.8, 4) is 11.8 Å². The van der Waals surface area contributed by atoms with Gasteiger partial charge in [-0.25, -0.2) is 4.98 Å². The van der Waals surface area contributed by atoms with E-state index in [-0.39, 0.29) is 11.4 Å². The Balaban J connectivity index is 2.16. The van der Waals surface area contributed by atoms with Gasteiger partial charge >= 0.3 is 6.01 Å². The summed E-state index contributed by atoms with van der Waals surface area (Å²) in [6.07, 6.45) is 1.57. The van der Waals surface area contributed by atoms with Crippen molar-refractivity contribution in [1.82, 2.24) is 9.97 Å². The Kier molecular flexibility index (Phi) is 3.19. The minimum absolute atomic E-state index is 0.131. The third-order valence-electron chi connectivity index (χ3n) is 2.58. The van der Waals surface area contributed by atoms with Crippen LogP contribution in [-0.4, -0.2) is 9.97 Å². The number of rotatable bonds is 2. The molecule has 0 saturated heterocycles. The second kappa shape index (κ2) is 4.64. The molecule has 0 unspecified atom stereocenters. The van der Waals surface area contributed by atoms with Gasteiger partial charge in [0.2, 0.25) is 0 Å². The molecule has 0 amide bonds. The first-order valence-electron chi connectivity index (χ1n) is 5.82. The number of benzene rings is 1. The van der Waals surface area contributed by atoms with Gasteiger partial charge in [0.15, 0.2) is 0 Å². The van der Waals surface area contributed by atoms with Crippen LogP contribution in [0.3, 0.4) is 0 Å². The molecule has 0 fully saturated rings. The van der Waals surface area contributed by atoms with Gasteiger partial charge in [0.25, 0.3) is 0 Å². The lowest BCUT2D eigenvalue weighted by molar-refractivity contribution is 0.442. The van der Waals surface area contributed by atoms with Crippen LogP contribution < -0.4 is 10.5 Å². The highest BCUT2D eigenvalue weighted by atomic mass is 16.5. The average Bonchev–Trinajstić information content (AvgIpc) is 2.28. The number of ether oxygens (including phenoxy) is 1. The normalized spacial score (nSPS) is 11.3. The maximum absolute atomic E-state index is 5.56. The maximum Gasteiger partial charge on any atom is 0.323 e. The smallest absolute Gasteiger partial charge is 0.323 e. The molecule has 1 aromatic carbocycles. The Hall–Kier alpha value is -2.10. The number of nitrogen functional groups attached to an aromatic ring is 1. The molecule has 18 heavy (non-hydrogen) atoms. The van der Waals surface area contributed by atoms with Crippen LogP contribution >= 0.6 is 0 Å². The van der Waals surface area contributed by atoms with Crippen LogP contribution in [-0.2, 0) is 5.41 Å². The van der Waals surface area contributed by atoms with Crippen molar-refractivity contribution in [2.75, 3.05) is 5.73 Å². The predicted octanol–water partition coefficient (Wildman–Crippen LogP) is 3.15. The number of nitrogens with two attached hydrogens (primary N) is 1. The van der Waals surface area contributed by atoms with E-state index in [1.54, 1.807) is 12.3 Å². The molecule has 2 N–H and O–H groups in total. The zero-order valence-corrected chi connectivity index (χ0v) is 10.8. The molecule has 0 aliphatic carbocycles. The van der Waals surface area contributed by atoms with Crippen molar-refractivity contribution in [3.63, 3.8) is 0 Å². The lowest BCUT2D eigenvalue weighted by Gasteiger charge is -2.18. The molecule has 0 spiro atoms. The van der Waals surface area contributed by atoms with E-state index in [0.717, 1.165) is 0 Å². The van der Waals surface area contributed by atoms with Crippen LogP contribution in [0.25, 0.3) is 0 Å². The van der Waals surface area contributed by atoms with Crippen LogP contribution in [0.1, 0.15) is 26.3 Å². The first-order valence-corrected chi connectivity index (χ1v) is 5.82.